The van der Waals surface area contributed by atoms with Crippen molar-refractivity contribution >= 4 is 21.9 Å². The van der Waals surface area contributed by atoms with Gasteiger partial charge in [0, 0.05) is 5.69 Å². The van der Waals surface area contributed by atoms with Crippen molar-refractivity contribution in [3.8, 4) is 0 Å². The number of aryl methyl sites for hydroxylation is 1. The number of halogens is 1. The van der Waals surface area contributed by atoms with Gasteiger partial charge in [-0.2, -0.15) is 0 Å². The number of carbonyl (C=O) groups is 1. The first kappa shape index (κ1) is 10.2. The fourth-order valence-corrected chi connectivity index (χ4v) is 1.36. The van der Waals surface area contributed by atoms with Gasteiger partial charge < -0.3 is 9.72 Å². The number of aromatic amines is 1. The Bertz CT molecular complexity index is 309. The number of nitrogens with zero attached hydrogens (tertiary/aromatic N) is 1. The molecule has 0 amide bonds. The lowest BCUT2D eigenvalue weighted by atomic mass is 10.3. The number of hydrogen-bond donors (Lipinski definition) is 1. The maximum absolute atomic E-state index is 11.3. The van der Waals surface area contributed by atoms with Crippen LogP contribution in [-0.4, -0.2) is 22.5 Å². The maximum atomic E-state index is 11.3. The molecule has 0 spiro atoms. The summed E-state index contributed by atoms with van der Waals surface area (Å²) in [5.74, 6) is -0.374. The molecule has 0 fully saturated rings. The summed E-state index contributed by atoms with van der Waals surface area (Å²) >= 11 is 3.14. The Labute approximate surface area is 84.8 Å². The summed E-state index contributed by atoms with van der Waals surface area (Å²) in [6.45, 7) is 4.16. The van der Waals surface area contributed by atoms with Crippen LogP contribution in [0.15, 0.2) is 4.73 Å². The van der Waals surface area contributed by atoms with Crippen LogP contribution >= 0.6 is 15.9 Å². The first-order valence-corrected chi connectivity index (χ1v) is 4.83. The minimum absolute atomic E-state index is 0.348. The first-order chi connectivity index (χ1) is 6.15. The van der Waals surface area contributed by atoms with Crippen LogP contribution in [0, 0.1) is 6.92 Å². The van der Waals surface area contributed by atoms with Crippen LogP contribution < -0.4 is 0 Å². The normalized spacial score (nSPS) is 10.1. The molecule has 0 saturated heterocycles. The molecule has 0 aliphatic carbocycles. The van der Waals surface area contributed by atoms with E-state index in [0.717, 1.165) is 6.42 Å². The SMILES string of the molecule is CCCOC(=O)c1nc(Br)[nH]c1C. The second kappa shape index (κ2) is 4.41. The molecular weight excluding hydrogens is 236 g/mol. The van der Waals surface area contributed by atoms with E-state index in [0.29, 0.717) is 22.7 Å². The Morgan fingerprint density at radius 3 is 2.85 bits per heavy atom. The molecule has 0 unspecified atom stereocenters. The molecule has 5 heteroatoms. The van der Waals surface area contributed by atoms with Crippen molar-refractivity contribution in [2.24, 2.45) is 0 Å². The minimum atomic E-state index is -0.374. The average Bonchev–Trinajstić information content (AvgIpc) is 2.41. The van der Waals surface area contributed by atoms with E-state index in [9.17, 15) is 4.79 Å². The molecule has 13 heavy (non-hydrogen) atoms. The number of imidazole rings is 1. The monoisotopic (exact) mass is 246 g/mol. The fraction of sp³-hybridized carbons (Fsp3) is 0.500. The fourth-order valence-electron chi connectivity index (χ4n) is 0.886. The number of hydrogen-bond acceptors (Lipinski definition) is 3. The molecule has 1 rings (SSSR count). The van der Waals surface area contributed by atoms with Crippen molar-refractivity contribution in [1.82, 2.24) is 9.97 Å². The summed E-state index contributed by atoms with van der Waals surface area (Å²) in [6.07, 6.45) is 0.816. The molecule has 0 aliphatic heterocycles. The van der Waals surface area contributed by atoms with Crippen LogP contribution in [-0.2, 0) is 4.74 Å². The zero-order chi connectivity index (χ0) is 9.84. The molecule has 0 aliphatic rings. The van der Waals surface area contributed by atoms with Crippen molar-refractivity contribution in [3.05, 3.63) is 16.1 Å². The summed E-state index contributed by atoms with van der Waals surface area (Å²) < 4.78 is 5.48. The molecular formula is C8H11BrN2O2. The van der Waals surface area contributed by atoms with Crippen LogP contribution in [0.4, 0.5) is 0 Å². The van der Waals surface area contributed by atoms with Gasteiger partial charge in [-0.15, -0.1) is 0 Å². The van der Waals surface area contributed by atoms with E-state index in [4.69, 9.17) is 4.74 Å². The van der Waals surface area contributed by atoms with E-state index in [1.165, 1.54) is 0 Å². The highest BCUT2D eigenvalue weighted by Gasteiger charge is 2.14. The first-order valence-electron chi connectivity index (χ1n) is 4.04. The standard InChI is InChI=1S/C8H11BrN2O2/c1-3-4-13-7(12)6-5(2)10-8(9)11-6/h3-4H2,1-2H3,(H,10,11). The predicted octanol–water partition coefficient (Wildman–Crippen LogP) is 2.05. The van der Waals surface area contributed by atoms with Gasteiger partial charge in [-0.3, -0.25) is 0 Å². The molecule has 72 valence electrons. The zero-order valence-corrected chi connectivity index (χ0v) is 9.14. The molecule has 0 aromatic carbocycles. The van der Waals surface area contributed by atoms with Crippen LogP contribution in [0.1, 0.15) is 29.5 Å². The lowest BCUT2D eigenvalue weighted by molar-refractivity contribution is 0.0498. The van der Waals surface area contributed by atoms with E-state index < -0.39 is 0 Å². The number of H-pyrrole nitrogens is 1. The van der Waals surface area contributed by atoms with E-state index in [1.54, 1.807) is 6.92 Å². The number of ether oxygens (including phenoxy) is 1. The van der Waals surface area contributed by atoms with E-state index in [2.05, 4.69) is 25.9 Å². The van der Waals surface area contributed by atoms with Gasteiger partial charge in [-0.1, -0.05) is 6.92 Å². The number of nitrogens with one attached hydrogen (secondary N) is 1. The summed E-state index contributed by atoms with van der Waals surface area (Å²) in [6, 6.07) is 0. The van der Waals surface area contributed by atoms with Gasteiger partial charge in [0.15, 0.2) is 10.4 Å². The second-order valence-corrected chi connectivity index (χ2v) is 3.39. The van der Waals surface area contributed by atoms with Crippen molar-refractivity contribution < 1.29 is 9.53 Å². The highest BCUT2D eigenvalue weighted by molar-refractivity contribution is 9.10. The Hall–Kier alpha value is -0.840. The van der Waals surface area contributed by atoms with Crippen LogP contribution in [0.3, 0.4) is 0 Å². The summed E-state index contributed by atoms with van der Waals surface area (Å²) in [7, 11) is 0. The van der Waals surface area contributed by atoms with Crippen LogP contribution in [0.5, 0.6) is 0 Å². The van der Waals surface area contributed by atoms with Gasteiger partial charge in [-0.25, -0.2) is 9.78 Å². The van der Waals surface area contributed by atoms with Gasteiger partial charge >= 0.3 is 5.97 Å². The highest BCUT2D eigenvalue weighted by atomic mass is 79.9. The Morgan fingerprint density at radius 1 is 1.69 bits per heavy atom. The third-order valence-electron chi connectivity index (χ3n) is 1.49. The molecule has 4 nitrogen and oxygen atoms in total. The largest absolute Gasteiger partial charge is 0.461 e. The lowest BCUT2D eigenvalue weighted by Crippen LogP contribution is -2.07. The molecule has 0 saturated carbocycles. The van der Waals surface area contributed by atoms with Gasteiger partial charge in [-0.05, 0) is 29.3 Å². The number of esters is 1. The van der Waals surface area contributed by atoms with Gasteiger partial charge in [0.05, 0.1) is 6.61 Å². The molecule has 1 aromatic rings. The Balaban J connectivity index is 2.70. The molecule has 1 N–H and O–H groups in total. The van der Waals surface area contributed by atoms with Crippen molar-refractivity contribution in [2.75, 3.05) is 6.61 Å². The Kier molecular flexibility index (Phi) is 3.48. The molecule has 1 aromatic heterocycles. The molecule has 0 radical (unpaired) electrons. The highest BCUT2D eigenvalue weighted by Crippen LogP contribution is 2.10. The van der Waals surface area contributed by atoms with Gasteiger partial charge in [0.25, 0.3) is 0 Å². The van der Waals surface area contributed by atoms with Crippen molar-refractivity contribution in [1.29, 1.82) is 0 Å². The van der Waals surface area contributed by atoms with Crippen molar-refractivity contribution in [2.45, 2.75) is 20.3 Å². The predicted molar refractivity (Wildman–Crippen MR) is 51.6 cm³/mol. The van der Waals surface area contributed by atoms with Gasteiger partial charge in [0.2, 0.25) is 0 Å². The second-order valence-electron chi connectivity index (χ2n) is 2.64. The minimum Gasteiger partial charge on any atom is -0.461 e. The summed E-state index contributed by atoms with van der Waals surface area (Å²) in [4.78, 5) is 18.1. The molecule has 0 atom stereocenters. The Morgan fingerprint density at radius 2 is 2.38 bits per heavy atom. The summed E-state index contributed by atoms with van der Waals surface area (Å²) in [5, 5.41) is 0. The molecule has 1 heterocycles. The lowest BCUT2D eigenvalue weighted by Gasteiger charge is -1.99. The van der Waals surface area contributed by atoms with E-state index in [1.807, 2.05) is 6.92 Å². The van der Waals surface area contributed by atoms with Gasteiger partial charge in [0.1, 0.15) is 0 Å². The van der Waals surface area contributed by atoms with E-state index >= 15 is 0 Å². The van der Waals surface area contributed by atoms with Crippen LogP contribution in [0.2, 0.25) is 0 Å². The smallest absolute Gasteiger partial charge is 0.358 e. The van der Waals surface area contributed by atoms with Crippen molar-refractivity contribution in [3.63, 3.8) is 0 Å². The topological polar surface area (TPSA) is 55.0 Å². The average molecular weight is 247 g/mol. The molecule has 0 bridgehead atoms. The van der Waals surface area contributed by atoms with Crippen LogP contribution in [0.25, 0.3) is 0 Å². The third kappa shape index (κ3) is 2.55. The third-order valence-corrected chi connectivity index (χ3v) is 1.86. The quantitative estimate of drug-likeness (QED) is 0.831. The number of carbonyl (C=O) groups excluding carboxylic acids is 1. The number of aromatic nitrogens is 2. The van der Waals surface area contributed by atoms with E-state index in [-0.39, 0.29) is 5.97 Å². The zero-order valence-electron chi connectivity index (χ0n) is 7.56. The maximum Gasteiger partial charge on any atom is 0.358 e. The number of rotatable bonds is 3. The summed E-state index contributed by atoms with van der Waals surface area (Å²) in [5.41, 5.74) is 1.06.